The molecule has 2 fully saturated rings. The monoisotopic (exact) mass is 293 g/mol. The molecular formula is C16H20FNO3. The molecular weight excluding hydrogens is 273 g/mol. The summed E-state index contributed by atoms with van der Waals surface area (Å²) in [5, 5.41) is 9.12. The van der Waals surface area contributed by atoms with Crippen LogP contribution < -0.4 is 0 Å². The molecule has 1 N–H and O–H groups in total. The normalized spacial score (nSPS) is 19.8. The van der Waals surface area contributed by atoms with Gasteiger partial charge in [-0.2, -0.15) is 0 Å². The minimum atomic E-state index is -0.607. The van der Waals surface area contributed by atoms with Crippen LogP contribution >= 0.6 is 0 Å². The third-order valence-corrected chi connectivity index (χ3v) is 4.46. The summed E-state index contributed by atoms with van der Waals surface area (Å²) in [4.78, 5) is 13.9. The number of halogens is 1. The van der Waals surface area contributed by atoms with Gasteiger partial charge >= 0.3 is 0 Å². The van der Waals surface area contributed by atoms with E-state index in [1.54, 1.807) is 6.07 Å². The zero-order valence-electron chi connectivity index (χ0n) is 12.0. The summed E-state index contributed by atoms with van der Waals surface area (Å²) in [5.74, 6) is -0.768. The number of rotatable bonds is 4. The Balaban J connectivity index is 1.41. The van der Waals surface area contributed by atoms with Gasteiger partial charge in [-0.3, -0.25) is 4.79 Å². The van der Waals surface area contributed by atoms with Crippen molar-refractivity contribution in [1.82, 2.24) is 4.90 Å². The molecule has 0 radical (unpaired) electrons. The van der Waals surface area contributed by atoms with Gasteiger partial charge in [-0.1, -0.05) is 6.07 Å². The molecule has 0 saturated carbocycles. The Morgan fingerprint density at radius 1 is 1.43 bits per heavy atom. The Bertz CT molecular complexity index is 532. The maximum Gasteiger partial charge on any atom is 0.222 e. The van der Waals surface area contributed by atoms with Crippen molar-refractivity contribution in [2.24, 2.45) is 5.41 Å². The molecule has 2 saturated heterocycles. The summed E-state index contributed by atoms with van der Waals surface area (Å²) >= 11 is 0. The van der Waals surface area contributed by atoms with Crippen molar-refractivity contribution in [2.75, 3.05) is 26.3 Å². The van der Waals surface area contributed by atoms with E-state index < -0.39 is 5.82 Å². The SMILES string of the molecule is O=C(CCCc1ccc(O)c(F)c1)N1CC2(CCOC2)C1. The predicted molar refractivity (Wildman–Crippen MR) is 75.5 cm³/mol. The number of phenols is 1. The smallest absolute Gasteiger partial charge is 0.222 e. The van der Waals surface area contributed by atoms with Crippen LogP contribution in [0, 0.1) is 11.2 Å². The first-order valence-electron chi connectivity index (χ1n) is 7.41. The van der Waals surface area contributed by atoms with Crippen LogP contribution in [-0.2, 0) is 16.0 Å². The van der Waals surface area contributed by atoms with E-state index in [9.17, 15) is 9.18 Å². The molecule has 1 aromatic rings. The second-order valence-corrected chi connectivity index (χ2v) is 6.19. The van der Waals surface area contributed by atoms with Crippen LogP contribution in [0.15, 0.2) is 18.2 Å². The maximum atomic E-state index is 13.2. The number of likely N-dealkylation sites (tertiary alicyclic amines) is 1. The van der Waals surface area contributed by atoms with Crippen LogP contribution in [0.5, 0.6) is 5.75 Å². The molecule has 0 bridgehead atoms. The highest BCUT2D eigenvalue weighted by atomic mass is 19.1. The molecule has 2 aliphatic heterocycles. The van der Waals surface area contributed by atoms with Crippen molar-refractivity contribution in [3.63, 3.8) is 0 Å². The highest BCUT2D eigenvalue weighted by molar-refractivity contribution is 5.77. The molecule has 4 nitrogen and oxygen atoms in total. The lowest BCUT2D eigenvalue weighted by atomic mass is 9.79. The van der Waals surface area contributed by atoms with E-state index >= 15 is 0 Å². The molecule has 2 heterocycles. The highest BCUT2D eigenvalue weighted by Gasteiger charge is 2.47. The molecule has 1 aromatic carbocycles. The van der Waals surface area contributed by atoms with E-state index in [1.807, 2.05) is 4.90 Å². The van der Waals surface area contributed by atoms with E-state index in [1.165, 1.54) is 12.1 Å². The topological polar surface area (TPSA) is 49.8 Å². The van der Waals surface area contributed by atoms with Crippen molar-refractivity contribution in [2.45, 2.75) is 25.7 Å². The Labute approximate surface area is 123 Å². The fourth-order valence-electron chi connectivity index (χ4n) is 3.15. The molecule has 0 aromatic heterocycles. The number of carbonyl (C=O) groups excluding carboxylic acids is 1. The number of hydrogen-bond donors (Lipinski definition) is 1. The van der Waals surface area contributed by atoms with E-state index in [-0.39, 0.29) is 17.1 Å². The molecule has 3 rings (SSSR count). The minimum Gasteiger partial charge on any atom is -0.505 e. The molecule has 0 aliphatic carbocycles. The van der Waals surface area contributed by atoms with Crippen molar-refractivity contribution < 1.29 is 19.0 Å². The van der Waals surface area contributed by atoms with Crippen molar-refractivity contribution >= 4 is 5.91 Å². The predicted octanol–water partition coefficient (Wildman–Crippen LogP) is 2.10. The zero-order chi connectivity index (χ0) is 14.9. The Kier molecular flexibility index (Phi) is 3.85. The standard InChI is InChI=1S/C16H20FNO3/c17-13-8-12(4-5-14(13)19)2-1-3-15(20)18-9-16(10-18)6-7-21-11-16/h4-5,8,19H,1-3,6-7,9-11H2. The summed E-state index contributed by atoms with van der Waals surface area (Å²) in [5.41, 5.74) is 1.04. The number of aryl methyl sites for hydroxylation is 1. The number of benzene rings is 1. The number of nitrogens with zero attached hydrogens (tertiary/aromatic N) is 1. The summed E-state index contributed by atoms with van der Waals surface area (Å²) < 4.78 is 18.6. The number of carbonyl (C=O) groups is 1. The van der Waals surface area contributed by atoms with Crippen molar-refractivity contribution in [3.8, 4) is 5.75 Å². The van der Waals surface area contributed by atoms with Gasteiger partial charge in [0.1, 0.15) is 0 Å². The van der Waals surface area contributed by atoms with Crippen LogP contribution in [0.1, 0.15) is 24.8 Å². The minimum absolute atomic E-state index is 0.173. The maximum absolute atomic E-state index is 13.2. The molecule has 2 aliphatic rings. The van der Waals surface area contributed by atoms with E-state index in [0.717, 1.165) is 38.3 Å². The average Bonchev–Trinajstić information content (AvgIpc) is 2.90. The summed E-state index contributed by atoms with van der Waals surface area (Å²) in [6.45, 7) is 3.23. The molecule has 0 atom stereocenters. The quantitative estimate of drug-likeness (QED) is 0.925. The second-order valence-electron chi connectivity index (χ2n) is 6.19. The molecule has 1 spiro atoms. The molecule has 21 heavy (non-hydrogen) atoms. The first-order chi connectivity index (χ1) is 10.1. The largest absolute Gasteiger partial charge is 0.505 e. The van der Waals surface area contributed by atoms with Crippen LogP contribution in [0.2, 0.25) is 0 Å². The third kappa shape index (κ3) is 3.02. The summed E-state index contributed by atoms with van der Waals surface area (Å²) in [6.07, 6.45) is 2.89. The van der Waals surface area contributed by atoms with Crippen LogP contribution in [0.4, 0.5) is 4.39 Å². The van der Waals surface area contributed by atoms with Gasteiger partial charge in [0, 0.05) is 31.5 Å². The number of ether oxygens (including phenoxy) is 1. The molecule has 1 amide bonds. The number of phenolic OH excluding ortho intramolecular Hbond substituents is 1. The van der Waals surface area contributed by atoms with Crippen molar-refractivity contribution in [3.05, 3.63) is 29.6 Å². The molecule has 114 valence electrons. The van der Waals surface area contributed by atoms with Crippen molar-refractivity contribution in [1.29, 1.82) is 0 Å². The van der Waals surface area contributed by atoms with Gasteiger partial charge in [0.15, 0.2) is 11.6 Å². The third-order valence-electron chi connectivity index (χ3n) is 4.46. The number of hydrogen-bond acceptors (Lipinski definition) is 3. The highest BCUT2D eigenvalue weighted by Crippen LogP contribution is 2.38. The number of aromatic hydroxyl groups is 1. The van der Waals surface area contributed by atoms with Crippen LogP contribution in [0.25, 0.3) is 0 Å². The lowest BCUT2D eigenvalue weighted by Gasteiger charge is -2.47. The molecule has 0 unspecified atom stereocenters. The fraction of sp³-hybridized carbons (Fsp3) is 0.562. The first kappa shape index (κ1) is 14.3. The van der Waals surface area contributed by atoms with Gasteiger partial charge in [-0.05, 0) is 37.0 Å². The zero-order valence-corrected chi connectivity index (χ0v) is 12.0. The van der Waals surface area contributed by atoms with Gasteiger partial charge in [-0.15, -0.1) is 0 Å². The Morgan fingerprint density at radius 3 is 2.90 bits per heavy atom. The Morgan fingerprint density at radius 2 is 2.24 bits per heavy atom. The average molecular weight is 293 g/mol. The Hall–Kier alpha value is -1.62. The van der Waals surface area contributed by atoms with E-state index in [2.05, 4.69) is 0 Å². The van der Waals surface area contributed by atoms with Gasteiger partial charge < -0.3 is 14.7 Å². The van der Waals surface area contributed by atoms with E-state index in [0.29, 0.717) is 19.3 Å². The van der Waals surface area contributed by atoms with Gasteiger partial charge in [0.05, 0.1) is 6.61 Å². The van der Waals surface area contributed by atoms with E-state index in [4.69, 9.17) is 9.84 Å². The van der Waals surface area contributed by atoms with Gasteiger partial charge in [0.2, 0.25) is 5.91 Å². The lowest BCUT2D eigenvalue weighted by Crippen LogP contribution is -2.58. The first-order valence-corrected chi connectivity index (χ1v) is 7.41. The summed E-state index contributed by atoms with van der Waals surface area (Å²) in [7, 11) is 0. The van der Waals surface area contributed by atoms with Gasteiger partial charge in [0.25, 0.3) is 0 Å². The molecule has 5 heteroatoms. The summed E-state index contributed by atoms with van der Waals surface area (Å²) in [6, 6.07) is 4.37. The second kappa shape index (κ2) is 5.64. The van der Waals surface area contributed by atoms with Gasteiger partial charge in [-0.25, -0.2) is 4.39 Å². The van der Waals surface area contributed by atoms with Crippen LogP contribution in [0.3, 0.4) is 0 Å². The fourth-order valence-corrected chi connectivity index (χ4v) is 3.15. The number of amides is 1. The lowest BCUT2D eigenvalue weighted by molar-refractivity contribution is -0.143. The van der Waals surface area contributed by atoms with Crippen LogP contribution in [-0.4, -0.2) is 42.2 Å².